The standard InChI is InChI=1S/C18H17ClF4N6O/c19-16-15(8-26-28-17(16)30)29-4-3-13(14(9-29)27-24)25-7-10-1-2-12(20)5-11(10)6-18(21,22)23/h1-2,5,8,24-25H,3-4,6-7,9H2,(H,28,30). The van der Waals surface area contributed by atoms with Crippen LogP contribution in [-0.4, -0.2) is 29.5 Å². The number of alkyl halides is 3. The largest absolute Gasteiger partial charge is 0.393 e. The Balaban J connectivity index is 1.77. The Kier molecular flexibility index (Phi) is 6.40. The molecule has 0 amide bonds. The number of hydrogen-bond donors (Lipinski definition) is 3. The van der Waals surface area contributed by atoms with Gasteiger partial charge in [-0.3, -0.25) is 4.79 Å². The molecule has 0 aliphatic carbocycles. The lowest BCUT2D eigenvalue weighted by atomic mass is 10.0. The molecule has 12 heteroatoms. The highest BCUT2D eigenvalue weighted by atomic mass is 35.5. The Labute approximate surface area is 173 Å². The van der Waals surface area contributed by atoms with Gasteiger partial charge in [-0.2, -0.15) is 23.4 Å². The van der Waals surface area contributed by atoms with E-state index in [0.29, 0.717) is 35.6 Å². The maximum atomic E-state index is 13.4. The van der Waals surface area contributed by atoms with Crippen molar-refractivity contribution in [3.8, 4) is 0 Å². The summed E-state index contributed by atoms with van der Waals surface area (Å²) in [5, 5.41) is 12.4. The first-order chi connectivity index (χ1) is 14.2. The van der Waals surface area contributed by atoms with Crippen LogP contribution in [-0.2, 0) is 13.0 Å². The van der Waals surface area contributed by atoms with Crippen LogP contribution in [0.25, 0.3) is 0 Å². The zero-order valence-corrected chi connectivity index (χ0v) is 16.2. The molecule has 7 nitrogen and oxygen atoms in total. The number of aromatic nitrogens is 2. The van der Waals surface area contributed by atoms with E-state index < -0.39 is 24.0 Å². The topological polar surface area (TPSA) is 97.2 Å². The molecular weight excluding hydrogens is 428 g/mol. The van der Waals surface area contributed by atoms with Gasteiger partial charge in [-0.15, -0.1) is 0 Å². The third-order valence-corrected chi connectivity index (χ3v) is 4.99. The van der Waals surface area contributed by atoms with Crippen LogP contribution in [0.15, 0.2) is 45.7 Å². The molecule has 30 heavy (non-hydrogen) atoms. The minimum atomic E-state index is -4.46. The van der Waals surface area contributed by atoms with Gasteiger partial charge in [-0.05, 0) is 23.3 Å². The quantitative estimate of drug-likeness (QED) is 0.465. The van der Waals surface area contributed by atoms with E-state index in [0.717, 1.165) is 12.1 Å². The fourth-order valence-electron chi connectivity index (χ4n) is 3.19. The lowest BCUT2D eigenvalue weighted by molar-refractivity contribution is -0.127. The maximum absolute atomic E-state index is 13.4. The fourth-order valence-corrected chi connectivity index (χ4v) is 3.40. The van der Waals surface area contributed by atoms with Crippen molar-refractivity contribution in [1.82, 2.24) is 15.5 Å². The van der Waals surface area contributed by atoms with Crippen molar-refractivity contribution >= 4 is 17.3 Å². The van der Waals surface area contributed by atoms with E-state index in [1.54, 1.807) is 4.90 Å². The number of halogens is 5. The predicted octanol–water partition coefficient (Wildman–Crippen LogP) is 3.91. The summed E-state index contributed by atoms with van der Waals surface area (Å²) in [4.78, 5) is 13.4. The molecule has 0 bridgehead atoms. The fraction of sp³-hybridized carbons (Fsp3) is 0.333. The minimum Gasteiger partial charge on any atom is -0.383 e. The molecule has 1 aliphatic heterocycles. The van der Waals surface area contributed by atoms with E-state index in [1.807, 2.05) is 0 Å². The molecule has 1 aromatic carbocycles. The molecule has 0 spiro atoms. The molecule has 3 rings (SSSR count). The van der Waals surface area contributed by atoms with Crippen molar-refractivity contribution in [3.05, 3.63) is 68.1 Å². The zero-order valence-electron chi connectivity index (χ0n) is 15.5. The Bertz CT molecular complexity index is 1040. The molecule has 0 atom stereocenters. The van der Waals surface area contributed by atoms with Crippen LogP contribution >= 0.6 is 11.6 Å². The molecule has 1 aromatic heterocycles. The van der Waals surface area contributed by atoms with Gasteiger partial charge in [0, 0.05) is 25.2 Å². The minimum absolute atomic E-state index is 0.0212. The van der Waals surface area contributed by atoms with E-state index >= 15 is 0 Å². The van der Waals surface area contributed by atoms with Crippen molar-refractivity contribution in [1.29, 1.82) is 5.53 Å². The average molecular weight is 445 g/mol. The first-order valence-corrected chi connectivity index (χ1v) is 9.21. The van der Waals surface area contributed by atoms with Crippen LogP contribution in [0.4, 0.5) is 23.2 Å². The molecule has 0 unspecified atom stereocenters. The smallest absolute Gasteiger partial charge is 0.383 e. The van der Waals surface area contributed by atoms with Crippen molar-refractivity contribution in [3.63, 3.8) is 0 Å². The van der Waals surface area contributed by atoms with Crippen LogP contribution in [0, 0.1) is 11.3 Å². The van der Waals surface area contributed by atoms with Crippen molar-refractivity contribution in [2.45, 2.75) is 25.6 Å². The highest BCUT2D eigenvalue weighted by Crippen LogP contribution is 2.28. The van der Waals surface area contributed by atoms with Gasteiger partial charge >= 0.3 is 6.18 Å². The molecule has 0 saturated carbocycles. The Hall–Kier alpha value is -2.95. The number of aromatic amines is 1. The van der Waals surface area contributed by atoms with Crippen LogP contribution in [0.1, 0.15) is 17.5 Å². The van der Waals surface area contributed by atoms with E-state index in [2.05, 4.69) is 20.6 Å². The number of H-pyrrole nitrogens is 1. The van der Waals surface area contributed by atoms with Gasteiger partial charge in [0.2, 0.25) is 0 Å². The van der Waals surface area contributed by atoms with Gasteiger partial charge in [0.25, 0.3) is 5.56 Å². The molecule has 160 valence electrons. The summed E-state index contributed by atoms with van der Waals surface area (Å²) >= 11 is 6.02. The second kappa shape index (κ2) is 8.82. The van der Waals surface area contributed by atoms with Crippen LogP contribution in [0.5, 0.6) is 0 Å². The predicted molar refractivity (Wildman–Crippen MR) is 102 cm³/mol. The SMILES string of the molecule is N=NC1=C(NCc2ccc(F)cc2CC(F)(F)F)CCN(c2cn[nH]c(=O)c2Cl)C1. The number of hydrogen-bond acceptors (Lipinski definition) is 6. The summed E-state index contributed by atoms with van der Waals surface area (Å²) in [5.41, 5.74) is 8.36. The van der Waals surface area contributed by atoms with Crippen molar-refractivity contribution in [2.24, 2.45) is 5.11 Å². The van der Waals surface area contributed by atoms with Gasteiger partial charge in [0.05, 0.1) is 24.8 Å². The molecular formula is C18H17ClF4N6O. The maximum Gasteiger partial charge on any atom is 0.393 e. The van der Waals surface area contributed by atoms with Crippen LogP contribution < -0.4 is 15.8 Å². The summed E-state index contributed by atoms with van der Waals surface area (Å²) in [5.74, 6) is -0.740. The van der Waals surface area contributed by atoms with E-state index in [4.69, 9.17) is 17.1 Å². The van der Waals surface area contributed by atoms with Crippen LogP contribution in [0.3, 0.4) is 0 Å². The Morgan fingerprint density at radius 1 is 1.33 bits per heavy atom. The summed E-state index contributed by atoms with van der Waals surface area (Å²) < 4.78 is 51.8. The molecule has 1 aliphatic rings. The highest BCUT2D eigenvalue weighted by Gasteiger charge is 2.29. The monoisotopic (exact) mass is 444 g/mol. The summed E-state index contributed by atoms with van der Waals surface area (Å²) in [6.45, 7) is 0.605. The number of anilines is 1. The van der Waals surface area contributed by atoms with E-state index in [-0.39, 0.29) is 23.7 Å². The summed E-state index contributed by atoms with van der Waals surface area (Å²) in [7, 11) is 0. The highest BCUT2D eigenvalue weighted by molar-refractivity contribution is 6.33. The van der Waals surface area contributed by atoms with Gasteiger partial charge in [0.15, 0.2) is 0 Å². The van der Waals surface area contributed by atoms with Gasteiger partial charge in [-0.25, -0.2) is 15.0 Å². The Morgan fingerprint density at radius 2 is 2.10 bits per heavy atom. The molecule has 2 aromatic rings. The number of rotatable bonds is 6. The van der Waals surface area contributed by atoms with Gasteiger partial charge in [-0.1, -0.05) is 17.7 Å². The van der Waals surface area contributed by atoms with Crippen molar-refractivity contribution < 1.29 is 17.6 Å². The van der Waals surface area contributed by atoms with Gasteiger partial charge < -0.3 is 10.2 Å². The lowest BCUT2D eigenvalue weighted by Gasteiger charge is -2.31. The molecule has 2 heterocycles. The number of nitrogens with zero attached hydrogens (tertiary/aromatic N) is 3. The van der Waals surface area contributed by atoms with Crippen LogP contribution in [0.2, 0.25) is 5.02 Å². The first kappa shape index (κ1) is 21.8. The third kappa shape index (κ3) is 5.15. The normalized spacial score (nSPS) is 14.8. The molecule has 0 radical (unpaired) electrons. The number of nitrogens with one attached hydrogen (secondary N) is 3. The lowest BCUT2D eigenvalue weighted by Crippen LogP contribution is -2.35. The molecule has 0 saturated heterocycles. The second-order valence-corrected chi connectivity index (χ2v) is 7.04. The Morgan fingerprint density at radius 3 is 2.80 bits per heavy atom. The average Bonchev–Trinajstić information content (AvgIpc) is 2.68. The number of benzene rings is 1. The van der Waals surface area contributed by atoms with Crippen molar-refractivity contribution in [2.75, 3.05) is 18.0 Å². The third-order valence-electron chi connectivity index (χ3n) is 4.62. The van der Waals surface area contributed by atoms with E-state index in [1.165, 1.54) is 12.3 Å². The first-order valence-electron chi connectivity index (χ1n) is 8.83. The summed E-state index contributed by atoms with van der Waals surface area (Å²) in [6, 6.07) is 3.28. The molecule has 0 fully saturated rings. The second-order valence-electron chi connectivity index (χ2n) is 6.67. The zero-order chi connectivity index (χ0) is 21.9. The van der Waals surface area contributed by atoms with Gasteiger partial charge in [0.1, 0.15) is 16.5 Å². The van der Waals surface area contributed by atoms with E-state index in [9.17, 15) is 22.4 Å². The summed E-state index contributed by atoms with van der Waals surface area (Å²) in [6.07, 6.45) is -3.92. The molecule has 3 N–H and O–H groups in total.